The molecule has 0 spiro atoms. The Morgan fingerprint density at radius 3 is 2.58 bits per heavy atom. The molecule has 2 rings (SSSR count). The van der Waals surface area contributed by atoms with Crippen molar-refractivity contribution in [2.45, 2.75) is 59.2 Å². The summed E-state index contributed by atoms with van der Waals surface area (Å²) in [6.45, 7) is 12.9. The Morgan fingerprint density at radius 2 is 2.04 bits per heavy atom. The van der Waals surface area contributed by atoms with E-state index < -0.39 is 0 Å². The highest BCUT2D eigenvalue weighted by molar-refractivity contribution is 14.0. The van der Waals surface area contributed by atoms with Crippen LogP contribution in [0.2, 0.25) is 0 Å². The molecule has 0 aromatic carbocycles. The summed E-state index contributed by atoms with van der Waals surface area (Å²) in [6, 6.07) is 2.55. The van der Waals surface area contributed by atoms with Crippen molar-refractivity contribution in [3.8, 4) is 0 Å². The summed E-state index contributed by atoms with van der Waals surface area (Å²) in [5.74, 6) is 2.78. The maximum Gasteiger partial charge on any atom is 0.191 e. The Bertz CT molecular complexity index is 552. The lowest BCUT2D eigenvalue weighted by Gasteiger charge is -2.33. The number of hydrogen-bond acceptors (Lipinski definition) is 4. The topological polar surface area (TPSA) is 62.0 Å². The average molecular weight is 478 g/mol. The van der Waals surface area contributed by atoms with Crippen molar-refractivity contribution in [2.75, 3.05) is 33.3 Å². The molecule has 0 amide bonds. The highest BCUT2D eigenvalue weighted by Gasteiger charge is 2.20. The third-order valence-electron chi connectivity index (χ3n) is 4.60. The van der Waals surface area contributed by atoms with Crippen molar-refractivity contribution in [2.24, 2.45) is 4.99 Å². The molecule has 1 saturated heterocycles. The molecule has 150 valence electrons. The number of likely N-dealkylation sites (tertiary alicyclic amines) is 1. The smallest absolute Gasteiger partial charge is 0.191 e. The minimum atomic E-state index is 0. The molecule has 0 unspecified atom stereocenters. The Hall–Kier alpha value is -0.800. The van der Waals surface area contributed by atoms with Crippen LogP contribution >= 0.6 is 24.0 Å². The zero-order valence-electron chi connectivity index (χ0n) is 16.8. The van der Waals surface area contributed by atoms with Gasteiger partial charge in [0, 0.05) is 44.8 Å². The molecule has 7 heteroatoms. The van der Waals surface area contributed by atoms with Gasteiger partial charge in [0.25, 0.3) is 0 Å². The summed E-state index contributed by atoms with van der Waals surface area (Å²) >= 11 is 0. The quantitative estimate of drug-likeness (QED) is 0.359. The monoisotopic (exact) mass is 478 g/mol. The Morgan fingerprint density at radius 1 is 1.35 bits per heavy atom. The van der Waals surface area contributed by atoms with E-state index in [1.165, 1.54) is 5.56 Å². The van der Waals surface area contributed by atoms with Crippen molar-refractivity contribution >= 4 is 29.9 Å². The largest absolute Gasteiger partial charge is 0.466 e. The van der Waals surface area contributed by atoms with E-state index in [0.717, 1.165) is 63.1 Å². The number of furan rings is 1. The first-order valence-electron chi connectivity index (χ1n) is 9.35. The predicted molar refractivity (Wildman–Crippen MR) is 117 cm³/mol. The van der Waals surface area contributed by atoms with Crippen LogP contribution < -0.4 is 10.6 Å². The molecule has 0 saturated carbocycles. The summed E-state index contributed by atoms with van der Waals surface area (Å²) < 4.78 is 11.2. The number of rotatable bonds is 7. The zero-order valence-corrected chi connectivity index (χ0v) is 19.1. The van der Waals surface area contributed by atoms with E-state index in [2.05, 4.69) is 40.4 Å². The SMILES string of the molecule is CN=C(NCc1cc(C)oc1C)NC1CCN(CCOC(C)C)CC1.I. The molecule has 6 nitrogen and oxygen atoms in total. The van der Waals surface area contributed by atoms with Crippen molar-refractivity contribution in [3.63, 3.8) is 0 Å². The van der Waals surface area contributed by atoms with Gasteiger partial charge in [-0.25, -0.2) is 0 Å². The highest BCUT2D eigenvalue weighted by Crippen LogP contribution is 2.13. The first-order valence-corrected chi connectivity index (χ1v) is 9.35. The summed E-state index contributed by atoms with van der Waals surface area (Å²) in [4.78, 5) is 6.83. The maximum absolute atomic E-state index is 5.64. The lowest BCUT2D eigenvalue weighted by atomic mass is 10.1. The molecule has 0 atom stereocenters. The van der Waals surface area contributed by atoms with Crippen LogP contribution in [0.15, 0.2) is 15.5 Å². The Balaban J connectivity index is 0.00000338. The minimum absolute atomic E-state index is 0. The van der Waals surface area contributed by atoms with E-state index in [1.807, 2.05) is 20.9 Å². The first kappa shape index (κ1) is 23.2. The summed E-state index contributed by atoms with van der Waals surface area (Å²) in [5.41, 5.74) is 1.18. The summed E-state index contributed by atoms with van der Waals surface area (Å²) in [5, 5.41) is 6.94. The molecule has 1 aromatic heterocycles. The molecule has 1 aromatic rings. The van der Waals surface area contributed by atoms with Gasteiger partial charge in [0.15, 0.2) is 5.96 Å². The fraction of sp³-hybridized carbons (Fsp3) is 0.737. The second-order valence-corrected chi connectivity index (χ2v) is 7.04. The lowest BCUT2D eigenvalue weighted by Crippen LogP contribution is -2.49. The molecule has 26 heavy (non-hydrogen) atoms. The number of hydrogen-bond donors (Lipinski definition) is 2. The number of piperidine rings is 1. The van der Waals surface area contributed by atoms with Crippen LogP contribution in [-0.4, -0.2) is 56.3 Å². The zero-order chi connectivity index (χ0) is 18.2. The van der Waals surface area contributed by atoms with E-state index >= 15 is 0 Å². The molecular weight excluding hydrogens is 443 g/mol. The molecule has 1 fully saturated rings. The molecular formula is C19H35IN4O2. The van der Waals surface area contributed by atoms with Gasteiger partial charge in [-0.15, -0.1) is 24.0 Å². The number of nitrogens with zero attached hydrogens (tertiary/aromatic N) is 2. The fourth-order valence-electron chi connectivity index (χ4n) is 3.14. The average Bonchev–Trinajstić information content (AvgIpc) is 2.90. The fourth-order valence-corrected chi connectivity index (χ4v) is 3.14. The van der Waals surface area contributed by atoms with Crippen LogP contribution in [0.4, 0.5) is 0 Å². The third kappa shape index (κ3) is 7.84. The maximum atomic E-state index is 5.64. The van der Waals surface area contributed by atoms with Gasteiger partial charge in [0.05, 0.1) is 12.7 Å². The molecule has 0 radical (unpaired) electrons. The second kappa shape index (κ2) is 11.8. The third-order valence-corrected chi connectivity index (χ3v) is 4.60. The van der Waals surface area contributed by atoms with Crippen molar-refractivity contribution in [3.05, 3.63) is 23.2 Å². The molecule has 1 aliphatic rings. The molecule has 0 bridgehead atoms. The van der Waals surface area contributed by atoms with Gasteiger partial charge < -0.3 is 24.7 Å². The van der Waals surface area contributed by atoms with E-state index in [1.54, 1.807) is 0 Å². The van der Waals surface area contributed by atoms with Gasteiger partial charge in [-0.1, -0.05) is 0 Å². The van der Waals surface area contributed by atoms with Crippen LogP contribution in [-0.2, 0) is 11.3 Å². The standard InChI is InChI=1S/C19H34N4O2.HI/c1-14(2)24-11-10-23-8-6-18(7-9-23)22-19(20-5)21-13-17-12-15(3)25-16(17)4;/h12,14,18H,6-11,13H2,1-5H3,(H2,20,21,22);1H. The van der Waals surface area contributed by atoms with Crippen LogP contribution in [0.3, 0.4) is 0 Å². The van der Waals surface area contributed by atoms with Crippen molar-refractivity contribution in [1.29, 1.82) is 0 Å². The van der Waals surface area contributed by atoms with Crippen molar-refractivity contribution < 1.29 is 9.15 Å². The first-order chi connectivity index (χ1) is 12.0. The van der Waals surface area contributed by atoms with Gasteiger partial charge in [-0.2, -0.15) is 0 Å². The summed E-state index contributed by atoms with van der Waals surface area (Å²) in [6.07, 6.45) is 2.58. The number of guanidine groups is 1. The van der Waals surface area contributed by atoms with Crippen LogP contribution in [0.1, 0.15) is 43.8 Å². The molecule has 2 N–H and O–H groups in total. The number of ether oxygens (including phenoxy) is 1. The van der Waals surface area contributed by atoms with Crippen LogP contribution in [0.25, 0.3) is 0 Å². The Labute approximate surface area is 175 Å². The lowest BCUT2D eigenvalue weighted by molar-refractivity contribution is 0.0532. The van der Waals surface area contributed by atoms with Gasteiger partial charge in [-0.05, 0) is 46.6 Å². The van der Waals surface area contributed by atoms with Gasteiger partial charge >= 0.3 is 0 Å². The normalized spacial score (nSPS) is 16.6. The second-order valence-electron chi connectivity index (χ2n) is 7.04. The molecule has 0 aliphatic carbocycles. The highest BCUT2D eigenvalue weighted by atomic mass is 127. The molecule has 1 aliphatic heterocycles. The van der Waals surface area contributed by atoms with E-state index in [0.29, 0.717) is 12.1 Å². The van der Waals surface area contributed by atoms with Crippen molar-refractivity contribution in [1.82, 2.24) is 15.5 Å². The van der Waals surface area contributed by atoms with E-state index in [4.69, 9.17) is 9.15 Å². The van der Waals surface area contributed by atoms with Gasteiger partial charge in [0.2, 0.25) is 0 Å². The Kier molecular flexibility index (Phi) is 10.6. The number of aryl methyl sites for hydroxylation is 2. The minimum Gasteiger partial charge on any atom is -0.466 e. The number of aliphatic imine (C=N–C) groups is 1. The summed E-state index contributed by atoms with van der Waals surface area (Å²) in [7, 11) is 1.82. The molecule has 2 heterocycles. The number of nitrogens with one attached hydrogen (secondary N) is 2. The van der Waals surface area contributed by atoms with E-state index in [-0.39, 0.29) is 24.0 Å². The van der Waals surface area contributed by atoms with E-state index in [9.17, 15) is 0 Å². The van der Waals surface area contributed by atoms with Crippen LogP contribution in [0.5, 0.6) is 0 Å². The van der Waals surface area contributed by atoms with Crippen LogP contribution in [0, 0.1) is 13.8 Å². The van der Waals surface area contributed by atoms with Gasteiger partial charge in [-0.3, -0.25) is 4.99 Å². The predicted octanol–water partition coefficient (Wildman–Crippen LogP) is 3.07. The van der Waals surface area contributed by atoms with Gasteiger partial charge in [0.1, 0.15) is 11.5 Å². The number of halogens is 1.